The van der Waals surface area contributed by atoms with Crippen LogP contribution < -0.4 is 4.90 Å². The van der Waals surface area contributed by atoms with E-state index >= 15 is 0 Å². The summed E-state index contributed by atoms with van der Waals surface area (Å²) in [5, 5.41) is 10.6. The minimum atomic E-state index is -0.204. The lowest BCUT2D eigenvalue weighted by Gasteiger charge is -2.35. The first-order valence-electron chi connectivity index (χ1n) is 7.60. The second-order valence-electron chi connectivity index (χ2n) is 5.99. The lowest BCUT2D eigenvalue weighted by atomic mass is 10.1. The molecule has 1 fully saturated rings. The number of anilines is 1. The lowest BCUT2D eigenvalue weighted by molar-refractivity contribution is 0.258. The van der Waals surface area contributed by atoms with Gasteiger partial charge in [-0.25, -0.2) is 4.39 Å². The summed E-state index contributed by atoms with van der Waals surface area (Å²) >= 11 is 1.64. The van der Waals surface area contributed by atoms with Gasteiger partial charge in [-0.15, -0.1) is 10.2 Å². The van der Waals surface area contributed by atoms with Crippen LogP contribution in [0.3, 0.4) is 0 Å². The smallest absolute Gasteiger partial charge is 0.208 e. The summed E-state index contributed by atoms with van der Waals surface area (Å²) < 4.78 is 12.9. The Hall–Kier alpha value is -1.53. The van der Waals surface area contributed by atoms with Gasteiger partial charge in [0.05, 0.1) is 0 Å². The lowest BCUT2D eigenvalue weighted by Crippen LogP contribution is -2.45. The minimum Gasteiger partial charge on any atom is -0.345 e. The Morgan fingerprint density at radius 2 is 2.05 bits per heavy atom. The van der Waals surface area contributed by atoms with Crippen LogP contribution in [0.4, 0.5) is 9.52 Å². The van der Waals surface area contributed by atoms with Gasteiger partial charge in [-0.3, -0.25) is 0 Å². The molecule has 4 nitrogen and oxygen atoms in total. The van der Waals surface area contributed by atoms with E-state index in [1.807, 2.05) is 0 Å². The summed E-state index contributed by atoms with van der Waals surface area (Å²) in [6, 6.07) is 7.17. The topological polar surface area (TPSA) is 32.3 Å². The Morgan fingerprint density at radius 1 is 1.27 bits per heavy atom. The quantitative estimate of drug-likeness (QED) is 0.867. The highest BCUT2D eigenvalue weighted by atomic mass is 32.1. The van der Waals surface area contributed by atoms with Crippen molar-refractivity contribution in [2.45, 2.75) is 25.3 Å². The molecule has 6 heteroatoms. The van der Waals surface area contributed by atoms with Crippen LogP contribution in [0.5, 0.6) is 0 Å². The molecule has 1 aromatic carbocycles. The van der Waals surface area contributed by atoms with Crippen molar-refractivity contribution in [2.24, 2.45) is 0 Å². The molecule has 2 heterocycles. The predicted molar refractivity (Wildman–Crippen MR) is 88.0 cm³/mol. The first-order valence-corrected chi connectivity index (χ1v) is 8.41. The van der Waals surface area contributed by atoms with Crippen LogP contribution in [0.15, 0.2) is 24.3 Å². The molecule has 1 aliphatic rings. The van der Waals surface area contributed by atoms with E-state index in [1.165, 1.54) is 25.0 Å². The van der Waals surface area contributed by atoms with E-state index in [4.69, 9.17) is 0 Å². The molecule has 0 saturated carbocycles. The molecule has 2 aromatic rings. The fraction of sp³-hybridized carbons (Fsp3) is 0.500. The standard InChI is InChI=1S/C16H21FN4S/c1-20(2)14-4-3-9-21(11-14)16-19-18-15(22-16)10-12-5-7-13(17)8-6-12/h5-8,14H,3-4,9-11H2,1-2H3. The molecule has 22 heavy (non-hydrogen) atoms. The third kappa shape index (κ3) is 3.62. The van der Waals surface area contributed by atoms with E-state index in [1.54, 1.807) is 23.5 Å². The molecule has 0 N–H and O–H groups in total. The highest BCUT2D eigenvalue weighted by Gasteiger charge is 2.23. The van der Waals surface area contributed by atoms with Crippen LogP contribution in [-0.2, 0) is 6.42 Å². The number of piperidine rings is 1. The fourth-order valence-electron chi connectivity index (χ4n) is 2.77. The second-order valence-corrected chi connectivity index (χ2v) is 7.03. The van der Waals surface area contributed by atoms with Crippen molar-refractivity contribution in [3.8, 4) is 0 Å². The summed E-state index contributed by atoms with van der Waals surface area (Å²) in [7, 11) is 4.27. The van der Waals surface area contributed by atoms with Gasteiger partial charge in [0.1, 0.15) is 10.8 Å². The number of aromatic nitrogens is 2. The molecule has 1 aromatic heterocycles. The summed E-state index contributed by atoms with van der Waals surface area (Å²) in [6.07, 6.45) is 3.14. The molecule has 0 aliphatic carbocycles. The number of hydrogen-bond donors (Lipinski definition) is 0. The maximum Gasteiger partial charge on any atom is 0.208 e. The van der Waals surface area contributed by atoms with Crippen molar-refractivity contribution in [1.82, 2.24) is 15.1 Å². The number of halogens is 1. The van der Waals surface area contributed by atoms with Gasteiger partial charge in [0.15, 0.2) is 0 Å². The zero-order chi connectivity index (χ0) is 15.5. The Balaban J connectivity index is 1.66. The van der Waals surface area contributed by atoms with Gasteiger partial charge >= 0.3 is 0 Å². The monoisotopic (exact) mass is 320 g/mol. The summed E-state index contributed by atoms with van der Waals surface area (Å²) in [5.41, 5.74) is 1.06. The van der Waals surface area contributed by atoms with Gasteiger partial charge in [0, 0.05) is 25.6 Å². The van der Waals surface area contributed by atoms with Crippen LogP contribution in [-0.4, -0.2) is 48.3 Å². The van der Waals surface area contributed by atoms with Gasteiger partial charge in [-0.1, -0.05) is 23.5 Å². The average Bonchev–Trinajstić information content (AvgIpc) is 2.98. The van der Waals surface area contributed by atoms with Gasteiger partial charge in [-0.05, 0) is 44.6 Å². The maximum atomic E-state index is 12.9. The van der Waals surface area contributed by atoms with Gasteiger partial charge < -0.3 is 9.80 Å². The molecule has 118 valence electrons. The molecular formula is C16H21FN4S. The van der Waals surface area contributed by atoms with Crippen LogP contribution in [0.25, 0.3) is 0 Å². The minimum absolute atomic E-state index is 0.204. The molecule has 0 amide bonds. The average molecular weight is 320 g/mol. The number of nitrogens with zero attached hydrogens (tertiary/aromatic N) is 4. The number of hydrogen-bond acceptors (Lipinski definition) is 5. The molecule has 1 atom stereocenters. The van der Waals surface area contributed by atoms with Gasteiger partial charge in [0.25, 0.3) is 0 Å². The largest absolute Gasteiger partial charge is 0.345 e. The highest BCUT2D eigenvalue weighted by molar-refractivity contribution is 7.15. The van der Waals surface area contributed by atoms with E-state index in [0.29, 0.717) is 12.5 Å². The summed E-state index contributed by atoms with van der Waals surface area (Å²) in [4.78, 5) is 4.62. The van der Waals surface area contributed by atoms with E-state index in [-0.39, 0.29) is 5.82 Å². The highest BCUT2D eigenvalue weighted by Crippen LogP contribution is 2.26. The molecule has 1 aliphatic heterocycles. The van der Waals surface area contributed by atoms with E-state index in [0.717, 1.165) is 28.8 Å². The van der Waals surface area contributed by atoms with E-state index in [2.05, 4.69) is 34.1 Å². The molecule has 0 spiro atoms. The van der Waals surface area contributed by atoms with Crippen LogP contribution in [0, 0.1) is 5.82 Å². The first kappa shape index (κ1) is 15.4. The molecule has 1 saturated heterocycles. The van der Waals surface area contributed by atoms with Gasteiger partial charge in [-0.2, -0.15) is 0 Å². The van der Waals surface area contributed by atoms with Gasteiger partial charge in [0.2, 0.25) is 5.13 Å². The predicted octanol–water partition coefficient (Wildman–Crippen LogP) is 2.80. The molecule has 0 radical (unpaired) electrons. The first-order chi connectivity index (χ1) is 10.6. The van der Waals surface area contributed by atoms with Crippen molar-refractivity contribution < 1.29 is 4.39 Å². The third-order valence-electron chi connectivity index (χ3n) is 4.12. The van der Waals surface area contributed by atoms with E-state index in [9.17, 15) is 4.39 Å². The summed E-state index contributed by atoms with van der Waals surface area (Å²) in [5.74, 6) is -0.204. The Labute approximate surface area is 134 Å². The SMILES string of the molecule is CN(C)C1CCCN(c2nnc(Cc3ccc(F)cc3)s2)C1. The Bertz CT molecular complexity index is 611. The van der Waals surface area contributed by atoms with Crippen molar-refractivity contribution in [3.05, 3.63) is 40.7 Å². The molecule has 0 bridgehead atoms. The zero-order valence-corrected chi connectivity index (χ0v) is 13.8. The molecule has 3 rings (SSSR count). The molecular weight excluding hydrogens is 299 g/mol. The second kappa shape index (κ2) is 6.71. The molecule has 1 unspecified atom stereocenters. The number of rotatable bonds is 4. The van der Waals surface area contributed by atoms with E-state index < -0.39 is 0 Å². The van der Waals surface area contributed by atoms with Crippen LogP contribution in [0.2, 0.25) is 0 Å². The maximum absolute atomic E-state index is 12.9. The third-order valence-corrected chi connectivity index (χ3v) is 5.11. The summed E-state index contributed by atoms with van der Waals surface area (Å²) in [6.45, 7) is 2.06. The normalized spacial score (nSPS) is 18.9. The van der Waals surface area contributed by atoms with Crippen molar-refractivity contribution in [2.75, 3.05) is 32.1 Å². The van der Waals surface area contributed by atoms with Crippen molar-refractivity contribution in [1.29, 1.82) is 0 Å². The van der Waals surface area contributed by atoms with Crippen molar-refractivity contribution in [3.63, 3.8) is 0 Å². The van der Waals surface area contributed by atoms with Crippen LogP contribution >= 0.6 is 11.3 Å². The number of benzene rings is 1. The van der Waals surface area contributed by atoms with Crippen LogP contribution in [0.1, 0.15) is 23.4 Å². The Kier molecular flexibility index (Phi) is 4.69. The zero-order valence-electron chi connectivity index (χ0n) is 13.0. The fourth-order valence-corrected chi connectivity index (χ4v) is 3.68. The van der Waals surface area contributed by atoms with Crippen molar-refractivity contribution >= 4 is 16.5 Å². The Morgan fingerprint density at radius 3 is 2.77 bits per heavy atom. The number of likely N-dealkylation sites (N-methyl/N-ethyl adjacent to an activating group) is 1.